The second kappa shape index (κ2) is 8.63. The van der Waals surface area contributed by atoms with Crippen LogP contribution in [0.3, 0.4) is 0 Å². The standard InChI is InChI=1S/C17H25N3OS/c1-4-13(2)20-17(18-10-9-15-6-5-11-21-15)19-12-16-8-7-14(3)22-16/h5-8,11,13H,4,9-10,12H2,1-3H3,(H2,18,19,20). The van der Waals surface area contributed by atoms with Crippen LogP contribution in [0, 0.1) is 6.92 Å². The third-order valence-electron chi connectivity index (χ3n) is 3.43. The second-order valence-electron chi connectivity index (χ2n) is 5.39. The van der Waals surface area contributed by atoms with Gasteiger partial charge in [-0.15, -0.1) is 11.3 Å². The van der Waals surface area contributed by atoms with E-state index in [4.69, 9.17) is 4.42 Å². The van der Waals surface area contributed by atoms with Gasteiger partial charge < -0.3 is 15.1 Å². The quantitative estimate of drug-likeness (QED) is 0.604. The van der Waals surface area contributed by atoms with Crippen LogP contribution in [0.25, 0.3) is 0 Å². The minimum Gasteiger partial charge on any atom is -0.469 e. The Labute approximate surface area is 136 Å². The Bertz CT molecular complexity index is 575. The number of nitrogens with one attached hydrogen (secondary N) is 2. The Morgan fingerprint density at radius 2 is 2.23 bits per heavy atom. The van der Waals surface area contributed by atoms with E-state index < -0.39 is 0 Å². The van der Waals surface area contributed by atoms with Gasteiger partial charge in [-0.05, 0) is 44.5 Å². The zero-order valence-corrected chi connectivity index (χ0v) is 14.4. The van der Waals surface area contributed by atoms with Crippen molar-refractivity contribution in [2.24, 2.45) is 4.99 Å². The van der Waals surface area contributed by atoms with Gasteiger partial charge in [0.2, 0.25) is 0 Å². The smallest absolute Gasteiger partial charge is 0.191 e. The summed E-state index contributed by atoms with van der Waals surface area (Å²) >= 11 is 1.80. The van der Waals surface area contributed by atoms with E-state index in [1.807, 2.05) is 12.1 Å². The van der Waals surface area contributed by atoms with Gasteiger partial charge >= 0.3 is 0 Å². The number of aryl methyl sites for hydroxylation is 1. The molecular formula is C17H25N3OS. The van der Waals surface area contributed by atoms with E-state index in [0.717, 1.165) is 31.1 Å². The number of hydrogen-bond donors (Lipinski definition) is 2. The molecule has 0 bridgehead atoms. The maximum absolute atomic E-state index is 5.35. The fourth-order valence-corrected chi connectivity index (χ4v) is 2.79. The lowest BCUT2D eigenvalue weighted by molar-refractivity contribution is 0.506. The molecule has 2 aromatic heterocycles. The summed E-state index contributed by atoms with van der Waals surface area (Å²) in [5.41, 5.74) is 0. The van der Waals surface area contributed by atoms with Crippen molar-refractivity contribution < 1.29 is 4.42 Å². The van der Waals surface area contributed by atoms with Crippen molar-refractivity contribution in [3.63, 3.8) is 0 Å². The van der Waals surface area contributed by atoms with Crippen LogP contribution in [0.4, 0.5) is 0 Å². The molecular weight excluding hydrogens is 294 g/mol. The first-order chi connectivity index (χ1) is 10.7. The van der Waals surface area contributed by atoms with E-state index in [-0.39, 0.29) is 0 Å². The average Bonchev–Trinajstić information content (AvgIpc) is 3.16. The van der Waals surface area contributed by atoms with Crippen LogP contribution in [-0.2, 0) is 13.0 Å². The number of rotatable bonds is 7. The summed E-state index contributed by atoms with van der Waals surface area (Å²) in [4.78, 5) is 7.30. The van der Waals surface area contributed by atoms with E-state index in [1.54, 1.807) is 17.6 Å². The van der Waals surface area contributed by atoms with E-state index in [0.29, 0.717) is 12.6 Å². The van der Waals surface area contributed by atoms with Gasteiger partial charge in [-0.25, -0.2) is 4.99 Å². The van der Waals surface area contributed by atoms with E-state index in [2.05, 4.69) is 48.5 Å². The molecule has 0 aliphatic carbocycles. The number of nitrogens with zero attached hydrogens (tertiary/aromatic N) is 1. The van der Waals surface area contributed by atoms with Crippen LogP contribution in [0.1, 0.15) is 35.8 Å². The minimum atomic E-state index is 0.403. The Hall–Kier alpha value is -1.75. The molecule has 0 amide bonds. The fraction of sp³-hybridized carbons (Fsp3) is 0.471. The molecule has 22 heavy (non-hydrogen) atoms. The van der Waals surface area contributed by atoms with Crippen LogP contribution in [0.5, 0.6) is 0 Å². The lowest BCUT2D eigenvalue weighted by Gasteiger charge is -2.16. The molecule has 0 saturated carbocycles. The van der Waals surface area contributed by atoms with Gasteiger partial charge in [0.1, 0.15) is 5.76 Å². The third-order valence-corrected chi connectivity index (χ3v) is 4.41. The molecule has 0 aromatic carbocycles. The van der Waals surface area contributed by atoms with Crippen molar-refractivity contribution in [3.8, 4) is 0 Å². The van der Waals surface area contributed by atoms with Gasteiger partial charge in [-0.3, -0.25) is 0 Å². The van der Waals surface area contributed by atoms with Gasteiger partial charge in [0.25, 0.3) is 0 Å². The summed E-state index contributed by atoms with van der Waals surface area (Å²) in [6, 6.07) is 8.60. The molecule has 5 heteroatoms. The van der Waals surface area contributed by atoms with Gasteiger partial charge in [0.05, 0.1) is 12.8 Å². The fourth-order valence-electron chi connectivity index (χ4n) is 1.97. The topological polar surface area (TPSA) is 49.6 Å². The lowest BCUT2D eigenvalue weighted by Crippen LogP contribution is -2.42. The predicted molar refractivity (Wildman–Crippen MR) is 93.5 cm³/mol. The van der Waals surface area contributed by atoms with Crippen LogP contribution < -0.4 is 10.6 Å². The zero-order valence-electron chi connectivity index (χ0n) is 13.6. The molecule has 1 unspecified atom stereocenters. The number of hydrogen-bond acceptors (Lipinski definition) is 3. The number of thiophene rings is 1. The minimum absolute atomic E-state index is 0.403. The Balaban J connectivity index is 1.89. The van der Waals surface area contributed by atoms with Crippen molar-refractivity contribution in [2.45, 2.75) is 46.2 Å². The van der Waals surface area contributed by atoms with Gasteiger partial charge in [-0.1, -0.05) is 6.92 Å². The molecule has 2 rings (SSSR count). The summed E-state index contributed by atoms with van der Waals surface area (Å²) < 4.78 is 5.35. The van der Waals surface area contributed by atoms with Crippen LogP contribution in [-0.4, -0.2) is 18.5 Å². The van der Waals surface area contributed by atoms with Crippen molar-refractivity contribution in [1.82, 2.24) is 10.6 Å². The summed E-state index contributed by atoms with van der Waals surface area (Å²) in [7, 11) is 0. The summed E-state index contributed by atoms with van der Waals surface area (Å²) in [5.74, 6) is 1.86. The van der Waals surface area contributed by atoms with Crippen LogP contribution in [0.15, 0.2) is 39.9 Å². The van der Waals surface area contributed by atoms with Crippen LogP contribution >= 0.6 is 11.3 Å². The molecule has 0 fully saturated rings. The van der Waals surface area contributed by atoms with E-state index in [1.165, 1.54) is 9.75 Å². The molecule has 1 atom stereocenters. The predicted octanol–water partition coefficient (Wildman–Crippen LogP) is 3.73. The molecule has 0 spiro atoms. The highest BCUT2D eigenvalue weighted by atomic mass is 32.1. The highest BCUT2D eigenvalue weighted by molar-refractivity contribution is 7.11. The van der Waals surface area contributed by atoms with Gasteiger partial charge in [0, 0.05) is 28.8 Å². The summed E-state index contributed by atoms with van der Waals surface area (Å²) in [5, 5.41) is 6.82. The SMILES string of the molecule is CCC(C)NC(=NCc1ccc(C)s1)NCCc1ccco1. The van der Waals surface area contributed by atoms with Crippen LogP contribution in [0.2, 0.25) is 0 Å². The number of furan rings is 1. The largest absolute Gasteiger partial charge is 0.469 e. The Morgan fingerprint density at radius 3 is 2.86 bits per heavy atom. The van der Waals surface area contributed by atoms with E-state index in [9.17, 15) is 0 Å². The highest BCUT2D eigenvalue weighted by Crippen LogP contribution is 2.15. The van der Waals surface area contributed by atoms with Crippen molar-refractivity contribution >= 4 is 17.3 Å². The maximum Gasteiger partial charge on any atom is 0.191 e. The monoisotopic (exact) mass is 319 g/mol. The first-order valence-electron chi connectivity index (χ1n) is 7.80. The first kappa shape index (κ1) is 16.6. The first-order valence-corrected chi connectivity index (χ1v) is 8.61. The van der Waals surface area contributed by atoms with Gasteiger partial charge in [0.15, 0.2) is 5.96 Å². The molecule has 0 saturated heterocycles. The zero-order chi connectivity index (χ0) is 15.8. The van der Waals surface area contributed by atoms with Gasteiger partial charge in [-0.2, -0.15) is 0 Å². The highest BCUT2D eigenvalue weighted by Gasteiger charge is 2.05. The lowest BCUT2D eigenvalue weighted by atomic mass is 10.3. The van der Waals surface area contributed by atoms with Crippen molar-refractivity contribution in [2.75, 3.05) is 6.54 Å². The molecule has 2 N–H and O–H groups in total. The third kappa shape index (κ3) is 5.56. The molecule has 0 aliphatic rings. The van der Waals surface area contributed by atoms with E-state index >= 15 is 0 Å². The molecule has 2 aromatic rings. The maximum atomic E-state index is 5.35. The molecule has 0 radical (unpaired) electrons. The Kier molecular flexibility index (Phi) is 6.52. The Morgan fingerprint density at radius 1 is 1.36 bits per heavy atom. The summed E-state index contributed by atoms with van der Waals surface area (Å²) in [6.45, 7) is 7.97. The number of guanidine groups is 1. The number of aliphatic imine (C=N–C) groups is 1. The molecule has 4 nitrogen and oxygen atoms in total. The molecule has 2 heterocycles. The molecule has 0 aliphatic heterocycles. The van der Waals surface area contributed by atoms with Crippen molar-refractivity contribution in [1.29, 1.82) is 0 Å². The summed E-state index contributed by atoms with van der Waals surface area (Å²) in [6.07, 6.45) is 3.63. The molecule has 120 valence electrons. The van der Waals surface area contributed by atoms with Crippen molar-refractivity contribution in [3.05, 3.63) is 46.0 Å². The normalized spacial score (nSPS) is 13.1. The second-order valence-corrected chi connectivity index (χ2v) is 6.76. The average molecular weight is 319 g/mol.